The van der Waals surface area contributed by atoms with Crippen molar-refractivity contribution in [1.29, 1.82) is 0 Å². The maximum absolute atomic E-state index is 12.8. The Morgan fingerprint density at radius 3 is 2.60 bits per heavy atom. The molecule has 4 rings (SSSR count). The van der Waals surface area contributed by atoms with E-state index in [-0.39, 0.29) is 17.2 Å². The topological polar surface area (TPSA) is 113 Å². The molecule has 0 saturated heterocycles. The van der Waals surface area contributed by atoms with Gasteiger partial charge in [0.25, 0.3) is 11.1 Å². The van der Waals surface area contributed by atoms with Crippen LogP contribution in [0.5, 0.6) is 0 Å². The van der Waals surface area contributed by atoms with Crippen LogP contribution in [0.3, 0.4) is 0 Å². The van der Waals surface area contributed by atoms with Gasteiger partial charge in [0.2, 0.25) is 0 Å². The van der Waals surface area contributed by atoms with Gasteiger partial charge in [-0.05, 0) is 19.1 Å². The van der Waals surface area contributed by atoms with E-state index in [2.05, 4.69) is 25.6 Å². The minimum Gasteiger partial charge on any atom is -0.294 e. The first-order valence-electron chi connectivity index (χ1n) is 7.63. The second-order valence-corrected chi connectivity index (χ2v) is 5.84. The Kier molecular flexibility index (Phi) is 3.38. The van der Waals surface area contributed by atoms with Gasteiger partial charge in [-0.3, -0.25) is 18.8 Å². The first-order valence-corrected chi connectivity index (χ1v) is 7.63. The molecule has 0 saturated carbocycles. The molecule has 126 valence electrons. The van der Waals surface area contributed by atoms with E-state index in [9.17, 15) is 9.59 Å². The first-order chi connectivity index (χ1) is 12.0. The zero-order chi connectivity index (χ0) is 17.6. The highest BCUT2D eigenvalue weighted by Crippen LogP contribution is 2.15. The molecule has 0 amide bonds. The van der Waals surface area contributed by atoms with Gasteiger partial charge in [0, 0.05) is 13.2 Å². The Bertz CT molecular complexity index is 1190. The summed E-state index contributed by atoms with van der Waals surface area (Å²) in [7, 11) is 1.52. The lowest BCUT2D eigenvalue weighted by molar-refractivity contribution is 0.419. The van der Waals surface area contributed by atoms with Crippen LogP contribution in [0.15, 0.2) is 40.4 Å². The van der Waals surface area contributed by atoms with Gasteiger partial charge in [-0.2, -0.15) is 0 Å². The molecule has 1 aromatic carbocycles. The van der Waals surface area contributed by atoms with Crippen molar-refractivity contribution in [2.45, 2.75) is 19.5 Å². The Morgan fingerprint density at radius 1 is 1.08 bits per heavy atom. The summed E-state index contributed by atoms with van der Waals surface area (Å²) in [6.45, 7) is 2.38. The zero-order valence-electron chi connectivity index (χ0n) is 13.6. The van der Waals surface area contributed by atoms with Gasteiger partial charge in [0.05, 0.1) is 41.4 Å². The van der Waals surface area contributed by atoms with Crippen LogP contribution in [0.4, 0.5) is 0 Å². The standard InChI is InChI=1S/C15H14N8O2/c1-9(7-22-4-3-17-19-22)23-8-16-12-5-11-13(6-10(12)15(23)25)18-20-21(2)14(11)24/h3-6,8-9H,7H2,1-2H3/t9-/m1/s1. The van der Waals surface area contributed by atoms with Gasteiger partial charge in [-0.1, -0.05) is 10.4 Å². The maximum atomic E-state index is 12.8. The molecule has 10 nitrogen and oxygen atoms in total. The molecule has 3 aromatic heterocycles. The largest absolute Gasteiger partial charge is 0.294 e. The molecule has 0 aliphatic carbocycles. The molecule has 10 heteroatoms. The molecule has 25 heavy (non-hydrogen) atoms. The highest BCUT2D eigenvalue weighted by Gasteiger charge is 2.13. The molecule has 0 aliphatic rings. The van der Waals surface area contributed by atoms with Crippen LogP contribution in [0.25, 0.3) is 21.8 Å². The van der Waals surface area contributed by atoms with Crippen LogP contribution in [0, 0.1) is 0 Å². The van der Waals surface area contributed by atoms with Gasteiger partial charge in [-0.15, -0.1) is 10.2 Å². The summed E-state index contributed by atoms with van der Waals surface area (Å²) in [5.74, 6) is 0. The molecule has 1 atom stereocenters. The molecular weight excluding hydrogens is 324 g/mol. The van der Waals surface area contributed by atoms with E-state index in [0.29, 0.717) is 28.4 Å². The van der Waals surface area contributed by atoms with Gasteiger partial charge in [0.15, 0.2) is 0 Å². The van der Waals surface area contributed by atoms with E-state index in [1.165, 1.54) is 17.9 Å². The van der Waals surface area contributed by atoms with E-state index in [1.807, 2.05) is 6.92 Å². The van der Waals surface area contributed by atoms with E-state index < -0.39 is 0 Å². The lowest BCUT2D eigenvalue weighted by atomic mass is 10.1. The fraction of sp³-hybridized carbons (Fsp3) is 0.267. The second kappa shape index (κ2) is 5.58. The minimum absolute atomic E-state index is 0.170. The Hall–Kier alpha value is -3.43. The molecule has 3 heterocycles. The molecule has 0 radical (unpaired) electrons. The van der Waals surface area contributed by atoms with Crippen LogP contribution in [-0.4, -0.2) is 39.5 Å². The predicted molar refractivity (Wildman–Crippen MR) is 89.1 cm³/mol. The number of hydrogen-bond donors (Lipinski definition) is 0. The van der Waals surface area contributed by atoms with Crippen molar-refractivity contribution in [1.82, 2.24) is 39.5 Å². The summed E-state index contributed by atoms with van der Waals surface area (Å²) < 4.78 is 4.33. The number of fused-ring (bicyclic) bond motifs is 2. The third kappa shape index (κ3) is 2.47. The van der Waals surface area contributed by atoms with E-state index in [4.69, 9.17) is 0 Å². The molecule has 0 unspecified atom stereocenters. The number of hydrogen-bond acceptors (Lipinski definition) is 7. The summed E-state index contributed by atoms with van der Waals surface area (Å²) in [4.78, 5) is 29.3. The van der Waals surface area contributed by atoms with Crippen molar-refractivity contribution in [3.05, 3.63) is 51.6 Å². The van der Waals surface area contributed by atoms with Gasteiger partial charge in [-0.25, -0.2) is 9.67 Å². The SMILES string of the molecule is C[C@H](Cn1ccnn1)n1cnc2cc3c(=O)n(C)nnc3cc2c1=O. The van der Waals surface area contributed by atoms with Crippen LogP contribution in [0.2, 0.25) is 0 Å². The summed E-state index contributed by atoms with van der Waals surface area (Å²) in [6, 6.07) is 2.97. The van der Waals surface area contributed by atoms with Crippen molar-refractivity contribution < 1.29 is 0 Å². The highest BCUT2D eigenvalue weighted by molar-refractivity contribution is 5.93. The van der Waals surface area contributed by atoms with Crippen molar-refractivity contribution in [3.63, 3.8) is 0 Å². The normalized spacial score (nSPS) is 12.7. The monoisotopic (exact) mass is 338 g/mol. The van der Waals surface area contributed by atoms with Crippen molar-refractivity contribution in [2.75, 3.05) is 0 Å². The highest BCUT2D eigenvalue weighted by atomic mass is 16.1. The average molecular weight is 338 g/mol. The van der Waals surface area contributed by atoms with Crippen LogP contribution in [0.1, 0.15) is 13.0 Å². The molecule has 0 spiro atoms. The average Bonchev–Trinajstić information content (AvgIpc) is 3.11. The maximum Gasteiger partial charge on any atom is 0.277 e. The van der Waals surface area contributed by atoms with Gasteiger partial charge >= 0.3 is 0 Å². The number of nitrogens with zero attached hydrogens (tertiary/aromatic N) is 8. The molecular formula is C15H14N8O2. The third-order valence-electron chi connectivity index (χ3n) is 4.11. The molecule has 0 aliphatic heterocycles. The Morgan fingerprint density at radius 2 is 1.84 bits per heavy atom. The van der Waals surface area contributed by atoms with E-state index in [0.717, 1.165) is 4.68 Å². The Labute approximate surface area is 140 Å². The number of aryl methyl sites for hydroxylation is 1. The number of aromatic nitrogens is 8. The molecule has 0 N–H and O–H groups in total. The van der Waals surface area contributed by atoms with Crippen LogP contribution in [-0.2, 0) is 13.6 Å². The second-order valence-electron chi connectivity index (χ2n) is 5.84. The fourth-order valence-electron chi connectivity index (χ4n) is 2.76. The zero-order valence-corrected chi connectivity index (χ0v) is 13.6. The predicted octanol–water partition coefficient (Wildman–Crippen LogP) is -0.109. The van der Waals surface area contributed by atoms with Gasteiger partial charge in [0.1, 0.15) is 5.52 Å². The molecule has 4 aromatic rings. The summed E-state index contributed by atoms with van der Waals surface area (Å²) in [6.07, 6.45) is 4.80. The molecule has 0 bridgehead atoms. The van der Waals surface area contributed by atoms with E-state index in [1.54, 1.807) is 29.2 Å². The van der Waals surface area contributed by atoms with Crippen molar-refractivity contribution in [2.24, 2.45) is 7.05 Å². The first kappa shape index (κ1) is 15.1. The Balaban J connectivity index is 1.87. The van der Waals surface area contributed by atoms with Crippen molar-refractivity contribution in [3.8, 4) is 0 Å². The molecule has 0 fully saturated rings. The fourth-order valence-corrected chi connectivity index (χ4v) is 2.76. The van der Waals surface area contributed by atoms with Crippen LogP contribution < -0.4 is 11.1 Å². The van der Waals surface area contributed by atoms with Gasteiger partial charge < -0.3 is 0 Å². The lowest BCUT2D eigenvalue weighted by Crippen LogP contribution is -2.27. The minimum atomic E-state index is -0.280. The lowest BCUT2D eigenvalue weighted by Gasteiger charge is -2.15. The van der Waals surface area contributed by atoms with Crippen LogP contribution >= 0.6 is 0 Å². The summed E-state index contributed by atoms with van der Waals surface area (Å²) in [5.41, 5.74) is 0.336. The summed E-state index contributed by atoms with van der Waals surface area (Å²) in [5, 5.41) is 16.2. The number of benzene rings is 1. The number of rotatable bonds is 3. The smallest absolute Gasteiger partial charge is 0.277 e. The van der Waals surface area contributed by atoms with E-state index >= 15 is 0 Å². The quantitative estimate of drug-likeness (QED) is 0.479. The van der Waals surface area contributed by atoms with Crippen molar-refractivity contribution >= 4 is 21.8 Å². The summed E-state index contributed by atoms with van der Waals surface area (Å²) >= 11 is 0. The third-order valence-corrected chi connectivity index (χ3v) is 4.11.